The highest BCUT2D eigenvalue weighted by atomic mass is 79.9. The summed E-state index contributed by atoms with van der Waals surface area (Å²) in [7, 11) is 0. The van der Waals surface area contributed by atoms with E-state index in [2.05, 4.69) is 60.0 Å². The van der Waals surface area contributed by atoms with Gasteiger partial charge in [0.1, 0.15) is 12.1 Å². The van der Waals surface area contributed by atoms with Crippen molar-refractivity contribution >= 4 is 21.7 Å². The Morgan fingerprint density at radius 2 is 1.76 bits per heavy atom. The standard InChI is InChI=1S/C16H19BrN4/c17-15-3-1-14(2-4-15)6-8-20-9-11-21(12-10-20)16-5-7-18-13-19-16/h1-5,7,13H,6,8-12H2. The van der Waals surface area contributed by atoms with Crippen molar-refractivity contribution in [3.8, 4) is 0 Å². The number of benzene rings is 1. The zero-order valence-corrected chi connectivity index (χ0v) is 13.5. The van der Waals surface area contributed by atoms with Crippen LogP contribution in [0.15, 0.2) is 47.3 Å². The van der Waals surface area contributed by atoms with E-state index in [0.717, 1.165) is 49.4 Å². The maximum atomic E-state index is 4.32. The summed E-state index contributed by atoms with van der Waals surface area (Å²) in [6.45, 7) is 5.40. The van der Waals surface area contributed by atoms with Gasteiger partial charge in [0.15, 0.2) is 0 Å². The van der Waals surface area contributed by atoms with E-state index in [4.69, 9.17) is 0 Å². The normalized spacial score (nSPS) is 16.1. The van der Waals surface area contributed by atoms with Crippen molar-refractivity contribution in [2.24, 2.45) is 0 Å². The Hall–Kier alpha value is -1.46. The molecule has 0 amide bonds. The number of rotatable bonds is 4. The van der Waals surface area contributed by atoms with Gasteiger partial charge in [0.25, 0.3) is 0 Å². The van der Waals surface area contributed by atoms with Crippen LogP contribution in [0, 0.1) is 0 Å². The minimum Gasteiger partial charge on any atom is -0.354 e. The summed E-state index contributed by atoms with van der Waals surface area (Å²) in [5.41, 5.74) is 1.40. The maximum Gasteiger partial charge on any atom is 0.131 e. The third-order valence-electron chi connectivity index (χ3n) is 3.89. The lowest BCUT2D eigenvalue weighted by molar-refractivity contribution is 0.260. The van der Waals surface area contributed by atoms with E-state index in [1.807, 2.05) is 12.3 Å². The molecule has 21 heavy (non-hydrogen) atoms. The van der Waals surface area contributed by atoms with Crippen LogP contribution >= 0.6 is 15.9 Å². The molecule has 0 N–H and O–H groups in total. The lowest BCUT2D eigenvalue weighted by atomic mass is 10.1. The zero-order chi connectivity index (χ0) is 14.5. The molecule has 0 aliphatic carbocycles. The summed E-state index contributed by atoms with van der Waals surface area (Å²) < 4.78 is 1.14. The lowest BCUT2D eigenvalue weighted by Gasteiger charge is -2.35. The fourth-order valence-electron chi connectivity index (χ4n) is 2.61. The molecule has 5 heteroatoms. The second-order valence-corrected chi connectivity index (χ2v) is 6.19. The smallest absolute Gasteiger partial charge is 0.131 e. The Balaban J connectivity index is 1.47. The molecule has 0 radical (unpaired) electrons. The van der Waals surface area contributed by atoms with Crippen molar-refractivity contribution in [1.82, 2.24) is 14.9 Å². The van der Waals surface area contributed by atoms with Gasteiger partial charge in [-0.25, -0.2) is 9.97 Å². The van der Waals surface area contributed by atoms with Crippen molar-refractivity contribution < 1.29 is 0 Å². The van der Waals surface area contributed by atoms with E-state index < -0.39 is 0 Å². The number of hydrogen-bond acceptors (Lipinski definition) is 4. The van der Waals surface area contributed by atoms with Gasteiger partial charge in [0.05, 0.1) is 0 Å². The molecular weight excluding hydrogens is 328 g/mol. The number of piperazine rings is 1. The van der Waals surface area contributed by atoms with E-state index in [9.17, 15) is 0 Å². The lowest BCUT2D eigenvalue weighted by Crippen LogP contribution is -2.47. The minimum absolute atomic E-state index is 1.04. The Bertz CT molecular complexity index is 550. The predicted octanol–water partition coefficient (Wildman–Crippen LogP) is 2.60. The van der Waals surface area contributed by atoms with Gasteiger partial charge in [-0.05, 0) is 30.2 Å². The van der Waals surface area contributed by atoms with Crippen LogP contribution in [-0.4, -0.2) is 47.6 Å². The molecule has 0 saturated carbocycles. The van der Waals surface area contributed by atoms with E-state index in [1.54, 1.807) is 6.33 Å². The first-order valence-corrected chi connectivity index (χ1v) is 8.08. The van der Waals surface area contributed by atoms with Crippen molar-refractivity contribution in [2.75, 3.05) is 37.6 Å². The quantitative estimate of drug-likeness (QED) is 0.851. The molecule has 1 aromatic heterocycles. The molecular formula is C16H19BrN4. The highest BCUT2D eigenvalue weighted by Crippen LogP contribution is 2.14. The van der Waals surface area contributed by atoms with Crippen LogP contribution in [0.5, 0.6) is 0 Å². The average Bonchev–Trinajstić information content (AvgIpc) is 2.56. The van der Waals surface area contributed by atoms with Gasteiger partial charge in [0, 0.05) is 43.4 Å². The van der Waals surface area contributed by atoms with Crippen LogP contribution in [0.1, 0.15) is 5.56 Å². The van der Waals surface area contributed by atoms with Crippen LogP contribution in [0.2, 0.25) is 0 Å². The first kappa shape index (κ1) is 14.5. The Morgan fingerprint density at radius 1 is 1.00 bits per heavy atom. The zero-order valence-electron chi connectivity index (χ0n) is 12.0. The molecule has 0 atom stereocenters. The minimum atomic E-state index is 1.04. The largest absolute Gasteiger partial charge is 0.354 e. The van der Waals surface area contributed by atoms with E-state index >= 15 is 0 Å². The number of aromatic nitrogens is 2. The summed E-state index contributed by atoms with van der Waals surface area (Å²) in [4.78, 5) is 13.2. The number of halogens is 1. The molecule has 4 nitrogen and oxygen atoms in total. The molecule has 0 bridgehead atoms. The second-order valence-electron chi connectivity index (χ2n) is 5.27. The van der Waals surface area contributed by atoms with E-state index in [0.29, 0.717) is 0 Å². The molecule has 2 aromatic rings. The maximum absolute atomic E-state index is 4.32. The molecule has 3 rings (SSSR count). The summed E-state index contributed by atoms with van der Waals surface area (Å²) in [5.74, 6) is 1.04. The summed E-state index contributed by atoms with van der Waals surface area (Å²) in [5, 5.41) is 0. The van der Waals surface area contributed by atoms with Crippen LogP contribution in [0.25, 0.3) is 0 Å². The third-order valence-corrected chi connectivity index (χ3v) is 4.42. The molecule has 1 fully saturated rings. The van der Waals surface area contributed by atoms with Gasteiger partial charge in [0.2, 0.25) is 0 Å². The first-order chi connectivity index (χ1) is 10.3. The van der Waals surface area contributed by atoms with Gasteiger partial charge in [-0.15, -0.1) is 0 Å². The predicted molar refractivity (Wildman–Crippen MR) is 88.5 cm³/mol. The van der Waals surface area contributed by atoms with Gasteiger partial charge >= 0.3 is 0 Å². The Labute approximate surface area is 133 Å². The molecule has 0 spiro atoms. The molecule has 1 aliphatic rings. The fraction of sp³-hybridized carbons (Fsp3) is 0.375. The van der Waals surface area contributed by atoms with Crippen molar-refractivity contribution in [3.63, 3.8) is 0 Å². The van der Waals surface area contributed by atoms with Crippen LogP contribution < -0.4 is 4.90 Å². The molecule has 110 valence electrons. The molecule has 2 heterocycles. The number of anilines is 1. The number of nitrogens with zero attached hydrogens (tertiary/aromatic N) is 4. The molecule has 1 saturated heterocycles. The summed E-state index contributed by atoms with van der Waals surface area (Å²) in [6.07, 6.45) is 4.54. The summed E-state index contributed by atoms with van der Waals surface area (Å²) in [6, 6.07) is 10.6. The van der Waals surface area contributed by atoms with Crippen molar-refractivity contribution in [1.29, 1.82) is 0 Å². The van der Waals surface area contributed by atoms with Gasteiger partial charge < -0.3 is 4.90 Å². The summed E-state index contributed by atoms with van der Waals surface area (Å²) >= 11 is 3.48. The van der Waals surface area contributed by atoms with Crippen LogP contribution in [0.4, 0.5) is 5.82 Å². The van der Waals surface area contributed by atoms with E-state index in [1.165, 1.54) is 5.56 Å². The highest BCUT2D eigenvalue weighted by molar-refractivity contribution is 9.10. The molecule has 0 unspecified atom stereocenters. The third kappa shape index (κ3) is 4.02. The fourth-order valence-corrected chi connectivity index (χ4v) is 2.87. The molecule has 1 aromatic carbocycles. The average molecular weight is 347 g/mol. The van der Waals surface area contributed by atoms with Crippen LogP contribution in [-0.2, 0) is 6.42 Å². The SMILES string of the molecule is Brc1ccc(CCN2CCN(c3ccncn3)CC2)cc1. The first-order valence-electron chi connectivity index (χ1n) is 7.29. The Morgan fingerprint density at radius 3 is 2.43 bits per heavy atom. The van der Waals surface area contributed by atoms with Crippen molar-refractivity contribution in [2.45, 2.75) is 6.42 Å². The van der Waals surface area contributed by atoms with E-state index in [-0.39, 0.29) is 0 Å². The van der Waals surface area contributed by atoms with Crippen LogP contribution in [0.3, 0.4) is 0 Å². The second kappa shape index (κ2) is 7.00. The monoisotopic (exact) mass is 346 g/mol. The van der Waals surface area contributed by atoms with Gasteiger partial charge in [-0.2, -0.15) is 0 Å². The topological polar surface area (TPSA) is 32.3 Å². The number of hydrogen-bond donors (Lipinski definition) is 0. The highest BCUT2D eigenvalue weighted by Gasteiger charge is 2.17. The van der Waals surface area contributed by atoms with Crippen molar-refractivity contribution in [3.05, 3.63) is 52.9 Å². The van der Waals surface area contributed by atoms with Gasteiger partial charge in [-0.3, -0.25) is 4.90 Å². The molecule has 1 aliphatic heterocycles. The Kier molecular flexibility index (Phi) is 4.83. The van der Waals surface area contributed by atoms with Gasteiger partial charge in [-0.1, -0.05) is 28.1 Å².